The highest BCUT2D eigenvalue weighted by atomic mass is 32.1. The lowest BCUT2D eigenvalue weighted by Crippen LogP contribution is -2.49. The smallest absolute Gasteiger partial charge is 0.255 e. The van der Waals surface area contributed by atoms with E-state index in [0.717, 1.165) is 34.8 Å². The Morgan fingerprint density at radius 2 is 1.88 bits per heavy atom. The molecule has 1 fully saturated rings. The van der Waals surface area contributed by atoms with Gasteiger partial charge in [-0.25, -0.2) is 0 Å². The summed E-state index contributed by atoms with van der Waals surface area (Å²) in [5.74, 6) is 0.852. The normalized spacial score (nSPS) is 15.4. The third-order valence-electron chi connectivity index (χ3n) is 6.22. The Bertz CT molecular complexity index is 1100. The number of rotatable bonds is 6. The number of aromatic nitrogens is 1. The van der Waals surface area contributed by atoms with Crippen LogP contribution in [-0.4, -0.2) is 53.6 Å². The molecule has 0 radical (unpaired) electrons. The number of carbonyl (C=O) groups excluding carboxylic acids is 1. The number of benzene rings is 1. The summed E-state index contributed by atoms with van der Waals surface area (Å²) in [6, 6.07) is 15.9. The van der Waals surface area contributed by atoms with Crippen molar-refractivity contribution >= 4 is 17.2 Å². The van der Waals surface area contributed by atoms with Crippen molar-refractivity contribution in [2.45, 2.75) is 26.4 Å². The molecule has 0 N–H and O–H groups in total. The van der Waals surface area contributed by atoms with Gasteiger partial charge in [-0.1, -0.05) is 18.2 Å². The minimum Gasteiger partial charge on any atom is -0.497 e. The fraction of sp³-hybridized carbons (Fsp3) is 0.360. The first-order valence-corrected chi connectivity index (χ1v) is 11.7. The SMILES string of the molecule is COc1ccc(C(C#N)N2CCN(C(=O)c3cc(C)n(Cc4cccs4)c3C)CC2)cc1. The van der Waals surface area contributed by atoms with Crippen molar-refractivity contribution in [3.8, 4) is 11.8 Å². The van der Waals surface area contributed by atoms with Gasteiger partial charge in [-0.2, -0.15) is 5.26 Å². The Balaban J connectivity index is 1.42. The van der Waals surface area contributed by atoms with Crippen molar-refractivity contribution < 1.29 is 9.53 Å². The zero-order chi connectivity index (χ0) is 22.7. The molecule has 1 saturated heterocycles. The number of thiophene rings is 1. The maximum absolute atomic E-state index is 13.3. The third kappa shape index (κ3) is 4.43. The summed E-state index contributed by atoms with van der Waals surface area (Å²) in [6.07, 6.45) is 0. The van der Waals surface area contributed by atoms with Crippen LogP contribution in [0.2, 0.25) is 0 Å². The summed E-state index contributed by atoms with van der Waals surface area (Å²) >= 11 is 1.73. The molecule has 1 aromatic carbocycles. The van der Waals surface area contributed by atoms with Crippen molar-refractivity contribution in [1.29, 1.82) is 5.26 Å². The van der Waals surface area contributed by atoms with Gasteiger partial charge >= 0.3 is 0 Å². The van der Waals surface area contributed by atoms with E-state index >= 15 is 0 Å². The molecule has 0 spiro atoms. The van der Waals surface area contributed by atoms with E-state index < -0.39 is 0 Å². The summed E-state index contributed by atoms with van der Waals surface area (Å²) in [5, 5.41) is 11.9. The molecule has 2 aromatic heterocycles. The van der Waals surface area contributed by atoms with E-state index in [1.807, 2.05) is 42.2 Å². The highest BCUT2D eigenvalue weighted by molar-refractivity contribution is 7.09. The van der Waals surface area contributed by atoms with Crippen LogP contribution in [0.25, 0.3) is 0 Å². The average molecular weight is 449 g/mol. The quantitative estimate of drug-likeness (QED) is 0.566. The van der Waals surface area contributed by atoms with Gasteiger partial charge in [0.05, 0.1) is 25.3 Å². The molecule has 3 aromatic rings. The van der Waals surface area contributed by atoms with Crippen LogP contribution in [0, 0.1) is 25.2 Å². The van der Waals surface area contributed by atoms with Gasteiger partial charge in [0.15, 0.2) is 0 Å². The van der Waals surface area contributed by atoms with Crippen LogP contribution in [0.15, 0.2) is 47.8 Å². The second-order valence-electron chi connectivity index (χ2n) is 8.08. The first-order valence-electron chi connectivity index (χ1n) is 10.8. The number of hydrogen-bond acceptors (Lipinski definition) is 5. The lowest BCUT2D eigenvalue weighted by Gasteiger charge is -2.37. The fourth-order valence-corrected chi connectivity index (χ4v) is 5.02. The van der Waals surface area contributed by atoms with Gasteiger partial charge in [0.2, 0.25) is 0 Å². The van der Waals surface area contributed by atoms with Gasteiger partial charge in [0.25, 0.3) is 5.91 Å². The van der Waals surface area contributed by atoms with Crippen LogP contribution < -0.4 is 4.74 Å². The number of aryl methyl sites for hydroxylation is 1. The molecule has 3 heterocycles. The molecule has 4 rings (SSSR count). The minimum atomic E-state index is -0.325. The molecular weight excluding hydrogens is 420 g/mol. The number of ether oxygens (including phenoxy) is 1. The van der Waals surface area contributed by atoms with Gasteiger partial charge in [0, 0.05) is 42.4 Å². The number of nitrogens with zero attached hydrogens (tertiary/aromatic N) is 4. The Morgan fingerprint density at radius 3 is 2.47 bits per heavy atom. The lowest BCUT2D eigenvalue weighted by molar-refractivity contribution is 0.0605. The van der Waals surface area contributed by atoms with Crippen molar-refractivity contribution in [2.75, 3.05) is 33.3 Å². The van der Waals surface area contributed by atoms with E-state index in [1.54, 1.807) is 18.4 Å². The van der Waals surface area contributed by atoms with Crippen molar-refractivity contribution in [2.24, 2.45) is 0 Å². The molecule has 166 valence electrons. The predicted octanol–water partition coefficient (Wildman–Crippen LogP) is 4.25. The Labute approximate surface area is 193 Å². The topological polar surface area (TPSA) is 61.5 Å². The molecule has 0 saturated carbocycles. The number of piperazine rings is 1. The molecule has 6 nitrogen and oxygen atoms in total. The second-order valence-corrected chi connectivity index (χ2v) is 9.12. The van der Waals surface area contributed by atoms with Crippen molar-refractivity contribution in [1.82, 2.24) is 14.4 Å². The van der Waals surface area contributed by atoms with Crippen LogP contribution in [0.1, 0.15) is 38.2 Å². The van der Waals surface area contributed by atoms with Gasteiger partial charge in [0.1, 0.15) is 11.8 Å². The predicted molar refractivity (Wildman–Crippen MR) is 126 cm³/mol. The zero-order valence-electron chi connectivity index (χ0n) is 18.7. The molecule has 1 unspecified atom stereocenters. The number of methoxy groups -OCH3 is 1. The zero-order valence-corrected chi connectivity index (χ0v) is 19.6. The highest BCUT2D eigenvalue weighted by Gasteiger charge is 2.29. The van der Waals surface area contributed by atoms with Crippen molar-refractivity contribution in [3.63, 3.8) is 0 Å². The first kappa shape index (κ1) is 22.1. The average Bonchev–Trinajstić information content (AvgIpc) is 3.44. The summed E-state index contributed by atoms with van der Waals surface area (Å²) < 4.78 is 7.43. The van der Waals surface area contributed by atoms with Crippen LogP contribution in [-0.2, 0) is 6.54 Å². The Hall–Kier alpha value is -3.08. The first-order chi connectivity index (χ1) is 15.5. The monoisotopic (exact) mass is 448 g/mol. The molecule has 1 aliphatic heterocycles. The molecule has 1 aliphatic rings. The van der Waals surface area contributed by atoms with Gasteiger partial charge < -0.3 is 14.2 Å². The van der Waals surface area contributed by atoms with Gasteiger partial charge in [-0.05, 0) is 49.1 Å². The molecule has 7 heteroatoms. The van der Waals surface area contributed by atoms with E-state index in [9.17, 15) is 10.1 Å². The molecular formula is C25H28N4O2S. The lowest BCUT2D eigenvalue weighted by atomic mass is 10.1. The molecule has 32 heavy (non-hydrogen) atoms. The van der Waals surface area contributed by atoms with E-state index in [0.29, 0.717) is 26.2 Å². The second kappa shape index (κ2) is 9.60. The Kier molecular flexibility index (Phi) is 6.63. The molecule has 1 atom stereocenters. The molecule has 1 amide bonds. The minimum absolute atomic E-state index is 0.0770. The maximum atomic E-state index is 13.3. The van der Waals surface area contributed by atoms with E-state index in [4.69, 9.17) is 4.74 Å². The number of hydrogen-bond donors (Lipinski definition) is 0. The standard InChI is InChI=1S/C25H28N4O2S/c1-18-15-23(19(2)29(18)17-22-5-4-14-32-22)25(30)28-12-10-27(11-13-28)24(16-26)20-6-8-21(31-3)9-7-20/h4-9,14-15,24H,10-13,17H2,1-3H3. The Morgan fingerprint density at radius 1 is 1.16 bits per heavy atom. The van der Waals surface area contributed by atoms with E-state index in [2.05, 4.69) is 40.0 Å². The summed E-state index contributed by atoms with van der Waals surface area (Å²) in [7, 11) is 1.63. The maximum Gasteiger partial charge on any atom is 0.255 e. The van der Waals surface area contributed by atoms with E-state index in [-0.39, 0.29) is 11.9 Å². The molecule has 0 aliphatic carbocycles. The fourth-order valence-electron chi connectivity index (χ4n) is 4.33. The van der Waals surface area contributed by atoms with Gasteiger partial charge in [-0.15, -0.1) is 11.3 Å². The molecule has 0 bridgehead atoms. The summed E-state index contributed by atoms with van der Waals surface area (Å²) in [4.78, 5) is 18.6. The van der Waals surface area contributed by atoms with Crippen LogP contribution >= 0.6 is 11.3 Å². The summed E-state index contributed by atoms with van der Waals surface area (Å²) in [5.41, 5.74) is 3.84. The van der Waals surface area contributed by atoms with E-state index in [1.165, 1.54) is 4.88 Å². The number of nitriles is 1. The highest BCUT2D eigenvalue weighted by Crippen LogP contribution is 2.25. The third-order valence-corrected chi connectivity index (χ3v) is 7.08. The summed E-state index contributed by atoms with van der Waals surface area (Å²) in [6.45, 7) is 7.45. The number of carbonyl (C=O) groups is 1. The number of amides is 1. The van der Waals surface area contributed by atoms with Crippen LogP contribution in [0.4, 0.5) is 0 Å². The van der Waals surface area contributed by atoms with Gasteiger partial charge in [-0.3, -0.25) is 9.69 Å². The van der Waals surface area contributed by atoms with Crippen molar-refractivity contribution in [3.05, 3.63) is 75.2 Å². The van der Waals surface area contributed by atoms with Crippen LogP contribution in [0.3, 0.4) is 0 Å². The van der Waals surface area contributed by atoms with Crippen LogP contribution in [0.5, 0.6) is 5.75 Å². The largest absolute Gasteiger partial charge is 0.497 e.